The van der Waals surface area contributed by atoms with E-state index < -0.39 is 28.8 Å². The van der Waals surface area contributed by atoms with Crippen molar-refractivity contribution in [3.8, 4) is 0 Å². The molecule has 0 aromatic heterocycles. The Bertz CT molecular complexity index is 602. The Morgan fingerprint density at radius 1 is 1.42 bits per heavy atom. The topological polar surface area (TPSA) is 122 Å². The molecule has 24 heavy (non-hydrogen) atoms. The number of hydrogen-bond acceptors (Lipinski definition) is 6. The Morgan fingerprint density at radius 3 is 2.58 bits per heavy atom. The molecule has 0 aliphatic carbocycles. The molecule has 1 amide bonds. The summed E-state index contributed by atoms with van der Waals surface area (Å²) < 4.78 is 5.03. The van der Waals surface area contributed by atoms with E-state index >= 15 is 0 Å². The molecule has 1 rings (SSSR count). The third-order valence-corrected chi connectivity index (χ3v) is 3.32. The number of hydrogen-bond donors (Lipinski definition) is 3. The van der Waals surface area contributed by atoms with Crippen LogP contribution >= 0.6 is 11.6 Å². The van der Waals surface area contributed by atoms with Crippen LogP contribution in [0.3, 0.4) is 0 Å². The number of nitro groups is 1. The number of carbonyl (C=O) groups excluding carboxylic acids is 1. The van der Waals surface area contributed by atoms with Gasteiger partial charge in [-0.3, -0.25) is 10.1 Å². The van der Waals surface area contributed by atoms with Crippen LogP contribution in [0.4, 0.5) is 10.5 Å². The van der Waals surface area contributed by atoms with E-state index in [2.05, 4.69) is 5.32 Å². The molecule has 2 atom stereocenters. The van der Waals surface area contributed by atoms with E-state index in [1.54, 1.807) is 20.8 Å². The fraction of sp³-hybridized carbons (Fsp3) is 0.533. The van der Waals surface area contributed by atoms with Crippen LogP contribution in [0.25, 0.3) is 0 Å². The van der Waals surface area contributed by atoms with Crippen molar-refractivity contribution in [3.63, 3.8) is 0 Å². The maximum Gasteiger partial charge on any atom is 0.407 e. The van der Waals surface area contributed by atoms with Crippen molar-refractivity contribution in [2.75, 3.05) is 6.54 Å². The number of aliphatic hydroxyl groups is 2. The number of alkyl carbamates (subject to hydrolysis) is 1. The highest BCUT2D eigenvalue weighted by atomic mass is 35.5. The molecule has 134 valence electrons. The number of nitro benzene ring substituents is 1. The van der Waals surface area contributed by atoms with E-state index in [1.165, 1.54) is 18.2 Å². The summed E-state index contributed by atoms with van der Waals surface area (Å²) in [6.45, 7) is 5.15. The molecule has 1 aromatic rings. The van der Waals surface area contributed by atoms with Gasteiger partial charge in [0.2, 0.25) is 0 Å². The van der Waals surface area contributed by atoms with Gasteiger partial charge in [-0.1, -0.05) is 17.7 Å². The van der Waals surface area contributed by atoms with E-state index in [0.29, 0.717) is 0 Å². The van der Waals surface area contributed by atoms with E-state index in [1.807, 2.05) is 0 Å². The van der Waals surface area contributed by atoms with E-state index in [9.17, 15) is 25.1 Å². The molecule has 1 aromatic carbocycles. The van der Waals surface area contributed by atoms with E-state index in [-0.39, 0.29) is 29.2 Å². The Kier molecular flexibility index (Phi) is 6.94. The van der Waals surface area contributed by atoms with Gasteiger partial charge in [-0.15, -0.1) is 0 Å². The van der Waals surface area contributed by atoms with Gasteiger partial charge in [0.05, 0.1) is 21.6 Å². The van der Waals surface area contributed by atoms with Crippen molar-refractivity contribution in [1.29, 1.82) is 0 Å². The highest BCUT2D eigenvalue weighted by Gasteiger charge is 2.28. The summed E-state index contributed by atoms with van der Waals surface area (Å²) in [5, 5.41) is 33.6. The molecule has 3 N–H and O–H groups in total. The van der Waals surface area contributed by atoms with Gasteiger partial charge >= 0.3 is 6.09 Å². The SMILES string of the molecule is CC(C)(C)OC(=O)NCCC(O)C(O)c1c(Cl)cccc1[N+](=O)[O-]. The largest absolute Gasteiger partial charge is 0.444 e. The molecule has 9 heteroatoms. The second-order valence-corrected chi connectivity index (χ2v) is 6.57. The van der Waals surface area contributed by atoms with Crippen LogP contribution in [0, 0.1) is 10.1 Å². The molecule has 2 unspecified atom stereocenters. The summed E-state index contributed by atoms with van der Waals surface area (Å²) in [6.07, 6.45) is -3.60. The zero-order valence-corrected chi connectivity index (χ0v) is 14.4. The lowest BCUT2D eigenvalue weighted by Gasteiger charge is -2.21. The minimum Gasteiger partial charge on any atom is -0.444 e. The van der Waals surface area contributed by atoms with E-state index in [4.69, 9.17) is 16.3 Å². The monoisotopic (exact) mass is 360 g/mol. The highest BCUT2D eigenvalue weighted by molar-refractivity contribution is 6.31. The number of carbonyl (C=O) groups is 1. The van der Waals surface area contributed by atoms with Crippen molar-refractivity contribution in [1.82, 2.24) is 5.32 Å². The normalized spacial score (nSPS) is 13.9. The molecule has 0 saturated heterocycles. The van der Waals surface area contributed by atoms with E-state index in [0.717, 1.165) is 0 Å². The highest BCUT2D eigenvalue weighted by Crippen LogP contribution is 2.34. The van der Waals surface area contributed by atoms with Crippen LogP contribution in [0.1, 0.15) is 38.9 Å². The van der Waals surface area contributed by atoms with Crippen LogP contribution in [-0.4, -0.2) is 39.5 Å². The number of rotatable bonds is 6. The number of ether oxygens (including phenoxy) is 1. The van der Waals surface area contributed by atoms with Crippen LogP contribution in [0.15, 0.2) is 18.2 Å². The smallest absolute Gasteiger partial charge is 0.407 e. The first kappa shape index (κ1) is 20.1. The van der Waals surface area contributed by atoms with Gasteiger partial charge in [0, 0.05) is 12.6 Å². The van der Waals surface area contributed by atoms with Gasteiger partial charge in [0.25, 0.3) is 5.69 Å². The number of nitrogens with zero attached hydrogens (tertiary/aromatic N) is 1. The molecule has 0 heterocycles. The average molecular weight is 361 g/mol. The lowest BCUT2D eigenvalue weighted by Crippen LogP contribution is -2.34. The van der Waals surface area contributed by atoms with Crippen LogP contribution < -0.4 is 5.32 Å². The number of aliphatic hydroxyl groups excluding tert-OH is 2. The first-order valence-electron chi connectivity index (χ1n) is 7.28. The van der Waals surface area contributed by atoms with Crippen molar-refractivity contribution in [3.05, 3.63) is 38.9 Å². The molecule has 0 bridgehead atoms. The average Bonchev–Trinajstić information content (AvgIpc) is 2.44. The minimum atomic E-state index is -1.56. The Morgan fingerprint density at radius 2 is 2.04 bits per heavy atom. The van der Waals surface area contributed by atoms with Gasteiger partial charge in [-0.05, 0) is 33.3 Å². The maximum absolute atomic E-state index is 11.5. The lowest BCUT2D eigenvalue weighted by molar-refractivity contribution is -0.386. The van der Waals surface area contributed by atoms with Crippen molar-refractivity contribution >= 4 is 23.4 Å². The molecule has 0 fully saturated rings. The maximum atomic E-state index is 11.5. The predicted molar refractivity (Wildman–Crippen MR) is 87.9 cm³/mol. The van der Waals surface area contributed by atoms with Gasteiger partial charge in [0.1, 0.15) is 11.7 Å². The van der Waals surface area contributed by atoms with Gasteiger partial charge in [-0.25, -0.2) is 4.79 Å². The first-order valence-corrected chi connectivity index (χ1v) is 7.66. The molecular formula is C15H21ClN2O6. The Hall–Kier alpha value is -1.90. The third-order valence-electron chi connectivity index (χ3n) is 3.00. The minimum absolute atomic E-state index is 0.0177. The zero-order valence-electron chi connectivity index (χ0n) is 13.7. The molecule has 0 spiro atoms. The quantitative estimate of drug-likeness (QED) is 0.529. The van der Waals surface area contributed by atoms with Crippen molar-refractivity contribution < 1.29 is 24.7 Å². The van der Waals surface area contributed by atoms with Gasteiger partial charge in [0.15, 0.2) is 0 Å². The third kappa shape index (κ3) is 5.95. The summed E-state index contributed by atoms with van der Waals surface area (Å²) in [7, 11) is 0. The van der Waals surface area contributed by atoms with Crippen LogP contribution in [0.2, 0.25) is 5.02 Å². The number of benzene rings is 1. The van der Waals surface area contributed by atoms with Crippen LogP contribution in [-0.2, 0) is 4.74 Å². The predicted octanol–water partition coefficient (Wildman–Crippen LogP) is 2.56. The molecule has 0 saturated carbocycles. The fourth-order valence-electron chi connectivity index (χ4n) is 1.96. The number of nitrogens with one attached hydrogen (secondary N) is 1. The van der Waals surface area contributed by atoms with Gasteiger partial charge in [-0.2, -0.15) is 0 Å². The zero-order chi connectivity index (χ0) is 18.5. The fourth-order valence-corrected chi connectivity index (χ4v) is 2.25. The number of halogens is 1. The molecule has 0 aliphatic heterocycles. The number of amides is 1. The molecule has 0 radical (unpaired) electrons. The summed E-state index contributed by atoms with van der Waals surface area (Å²) in [4.78, 5) is 21.8. The Balaban J connectivity index is 2.68. The molecule has 0 aliphatic rings. The summed E-state index contributed by atoms with van der Waals surface area (Å²) in [5.41, 5.74) is -1.19. The second-order valence-electron chi connectivity index (χ2n) is 6.16. The van der Waals surface area contributed by atoms with Crippen LogP contribution in [0.5, 0.6) is 0 Å². The first-order chi connectivity index (χ1) is 11.0. The summed E-state index contributed by atoms with van der Waals surface area (Å²) in [5.74, 6) is 0. The van der Waals surface area contributed by atoms with Gasteiger partial charge < -0.3 is 20.3 Å². The van der Waals surface area contributed by atoms with Crippen molar-refractivity contribution in [2.45, 2.75) is 45.0 Å². The summed E-state index contributed by atoms with van der Waals surface area (Å²) in [6, 6.07) is 3.96. The molecule has 8 nitrogen and oxygen atoms in total. The lowest BCUT2D eigenvalue weighted by atomic mass is 10.0. The second kappa shape index (κ2) is 8.27. The summed E-state index contributed by atoms with van der Waals surface area (Å²) >= 11 is 5.90. The van der Waals surface area contributed by atoms with Crippen molar-refractivity contribution in [2.24, 2.45) is 0 Å². The molecular weight excluding hydrogens is 340 g/mol. The Labute approximate surface area is 144 Å². The standard InChI is InChI=1S/C15H21ClN2O6/c1-15(2,3)24-14(21)17-8-7-11(19)13(20)12-9(16)5-4-6-10(12)18(22)23/h4-6,11,13,19-20H,7-8H2,1-3H3,(H,17,21).